The minimum absolute atomic E-state index is 0.208. The lowest BCUT2D eigenvalue weighted by Crippen LogP contribution is -2.45. The van der Waals surface area contributed by atoms with Gasteiger partial charge in [-0.25, -0.2) is 9.97 Å². The van der Waals surface area contributed by atoms with Crippen molar-refractivity contribution in [3.05, 3.63) is 76.4 Å². The van der Waals surface area contributed by atoms with Gasteiger partial charge in [0, 0.05) is 51.1 Å². The standard InChI is InChI=1S/C23H27N5O2S/c29-23(24-9-8-20-17-31-18-25-20)21-16-30-22(26-21)15-28-13-11-27(12-14-28)10-4-7-19-5-2-1-3-6-19/h1-7,16-18H,8-15H2,(H,24,29)/b7-4+. The number of nitrogens with one attached hydrogen (secondary N) is 1. The van der Waals surface area contributed by atoms with Crippen molar-refractivity contribution in [3.63, 3.8) is 0 Å². The molecule has 4 rings (SSSR count). The number of aromatic nitrogens is 2. The van der Waals surface area contributed by atoms with Gasteiger partial charge in [-0.3, -0.25) is 14.6 Å². The number of benzene rings is 1. The van der Waals surface area contributed by atoms with Crippen LogP contribution in [0.15, 0.2) is 58.0 Å². The predicted octanol–water partition coefficient (Wildman–Crippen LogP) is 2.93. The molecule has 3 heterocycles. The van der Waals surface area contributed by atoms with Crippen molar-refractivity contribution in [1.29, 1.82) is 0 Å². The number of hydrogen-bond acceptors (Lipinski definition) is 7. The highest BCUT2D eigenvalue weighted by atomic mass is 32.1. The maximum Gasteiger partial charge on any atom is 0.273 e. The van der Waals surface area contributed by atoms with Crippen molar-refractivity contribution in [2.45, 2.75) is 13.0 Å². The van der Waals surface area contributed by atoms with Gasteiger partial charge in [0.2, 0.25) is 5.89 Å². The molecule has 1 saturated heterocycles. The second-order valence-corrected chi connectivity index (χ2v) is 8.22. The van der Waals surface area contributed by atoms with E-state index in [0.29, 0.717) is 31.1 Å². The Morgan fingerprint density at radius 3 is 2.74 bits per heavy atom. The molecule has 0 saturated carbocycles. The molecule has 3 aromatic rings. The van der Waals surface area contributed by atoms with Crippen molar-refractivity contribution in [3.8, 4) is 0 Å². The molecule has 0 atom stereocenters. The molecule has 0 unspecified atom stereocenters. The molecule has 0 spiro atoms. The van der Waals surface area contributed by atoms with E-state index in [-0.39, 0.29) is 5.91 Å². The first kappa shape index (κ1) is 21.4. The second-order valence-electron chi connectivity index (χ2n) is 7.50. The third kappa shape index (κ3) is 6.58. The smallest absolute Gasteiger partial charge is 0.273 e. The molecule has 2 aromatic heterocycles. The van der Waals surface area contributed by atoms with Gasteiger partial charge in [0.15, 0.2) is 5.69 Å². The van der Waals surface area contributed by atoms with E-state index in [1.165, 1.54) is 11.8 Å². The zero-order chi connectivity index (χ0) is 21.3. The summed E-state index contributed by atoms with van der Waals surface area (Å²) in [4.78, 5) is 25.6. The lowest BCUT2D eigenvalue weighted by molar-refractivity contribution is 0.0949. The minimum Gasteiger partial charge on any atom is -0.447 e. The molecule has 1 fully saturated rings. The Labute approximate surface area is 186 Å². The molecule has 1 N–H and O–H groups in total. The monoisotopic (exact) mass is 437 g/mol. The van der Waals surface area contributed by atoms with Gasteiger partial charge in [0.1, 0.15) is 6.26 Å². The van der Waals surface area contributed by atoms with Crippen LogP contribution in [0.2, 0.25) is 0 Å². The largest absolute Gasteiger partial charge is 0.447 e. The first-order chi connectivity index (χ1) is 15.3. The van der Waals surface area contributed by atoms with E-state index in [2.05, 4.69) is 61.5 Å². The molecule has 31 heavy (non-hydrogen) atoms. The number of rotatable bonds is 9. The highest BCUT2D eigenvalue weighted by Crippen LogP contribution is 2.10. The number of carbonyl (C=O) groups excluding carboxylic acids is 1. The van der Waals surface area contributed by atoms with Gasteiger partial charge in [-0.2, -0.15) is 0 Å². The van der Waals surface area contributed by atoms with Gasteiger partial charge in [-0.05, 0) is 5.56 Å². The van der Waals surface area contributed by atoms with Crippen molar-refractivity contribution < 1.29 is 9.21 Å². The Bertz CT molecular complexity index is 963. The highest BCUT2D eigenvalue weighted by molar-refractivity contribution is 7.07. The molecule has 1 aromatic carbocycles. The van der Waals surface area contributed by atoms with Crippen molar-refractivity contribution in [2.24, 2.45) is 0 Å². The van der Waals surface area contributed by atoms with Gasteiger partial charge >= 0.3 is 0 Å². The van der Waals surface area contributed by atoms with Crippen LogP contribution in [0.1, 0.15) is 27.6 Å². The molecular weight excluding hydrogens is 410 g/mol. The Hall–Kier alpha value is -2.81. The molecule has 1 aliphatic rings. The number of hydrogen-bond donors (Lipinski definition) is 1. The van der Waals surface area contributed by atoms with E-state index in [1.807, 2.05) is 11.4 Å². The minimum atomic E-state index is -0.208. The topological polar surface area (TPSA) is 74.5 Å². The molecule has 8 heteroatoms. The fourth-order valence-electron chi connectivity index (χ4n) is 3.47. The second kappa shape index (κ2) is 11.0. The molecule has 1 aliphatic heterocycles. The Kier molecular flexibility index (Phi) is 7.60. The van der Waals surface area contributed by atoms with E-state index >= 15 is 0 Å². The van der Waals surface area contributed by atoms with Crippen LogP contribution in [0.3, 0.4) is 0 Å². The van der Waals surface area contributed by atoms with Crippen LogP contribution in [-0.2, 0) is 13.0 Å². The molecule has 1 amide bonds. The summed E-state index contributed by atoms with van der Waals surface area (Å²) >= 11 is 1.56. The Morgan fingerprint density at radius 1 is 1.16 bits per heavy atom. The molecule has 0 bridgehead atoms. The van der Waals surface area contributed by atoms with Gasteiger partial charge in [-0.1, -0.05) is 42.5 Å². The van der Waals surface area contributed by atoms with Crippen LogP contribution >= 0.6 is 11.3 Å². The lowest BCUT2D eigenvalue weighted by atomic mass is 10.2. The van der Waals surface area contributed by atoms with Crippen LogP contribution in [0.25, 0.3) is 6.08 Å². The third-order valence-corrected chi connectivity index (χ3v) is 5.87. The summed E-state index contributed by atoms with van der Waals surface area (Å²) in [6.45, 7) is 6.03. The molecule has 162 valence electrons. The van der Waals surface area contributed by atoms with E-state index in [9.17, 15) is 4.79 Å². The summed E-state index contributed by atoms with van der Waals surface area (Å²) in [6, 6.07) is 10.4. The summed E-state index contributed by atoms with van der Waals surface area (Å²) in [5, 5.41) is 4.85. The van der Waals surface area contributed by atoms with Crippen molar-refractivity contribution in [2.75, 3.05) is 39.3 Å². The van der Waals surface area contributed by atoms with Crippen molar-refractivity contribution in [1.82, 2.24) is 25.1 Å². The van der Waals surface area contributed by atoms with E-state index in [0.717, 1.165) is 38.4 Å². The van der Waals surface area contributed by atoms with Crippen LogP contribution in [0, 0.1) is 0 Å². The Morgan fingerprint density at radius 2 is 1.97 bits per heavy atom. The first-order valence-electron chi connectivity index (χ1n) is 10.5. The van der Waals surface area contributed by atoms with Gasteiger partial charge < -0.3 is 9.73 Å². The summed E-state index contributed by atoms with van der Waals surface area (Å²) in [6.07, 6.45) is 6.55. The third-order valence-electron chi connectivity index (χ3n) is 5.23. The molecule has 7 nitrogen and oxygen atoms in total. The number of carbonyl (C=O) groups is 1. The van der Waals surface area contributed by atoms with Gasteiger partial charge in [0.05, 0.1) is 17.7 Å². The fraction of sp³-hybridized carbons (Fsp3) is 0.348. The maximum absolute atomic E-state index is 12.2. The summed E-state index contributed by atoms with van der Waals surface area (Å²) in [5.74, 6) is 0.377. The van der Waals surface area contributed by atoms with E-state index in [1.54, 1.807) is 16.8 Å². The van der Waals surface area contributed by atoms with E-state index < -0.39 is 0 Å². The van der Waals surface area contributed by atoms with Crippen molar-refractivity contribution >= 4 is 23.3 Å². The maximum atomic E-state index is 12.2. The van der Waals surface area contributed by atoms with Crippen LogP contribution in [-0.4, -0.2) is 64.9 Å². The summed E-state index contributed by atoms with van der Waals surface area (Å²) in [5.41, 5.74) is 4.34. The zero-order valence-corrected chi connectivity index (χ0v) is 18.3. The average molecular weight is 438 g/mol. The van der Waals surface area contributed by atoms with Crippen LogP contribution in [0.5, 0.6) is 0 Å². The molecule has 0 aliphatic carbocycles. The quantitative estimate of drug-likeness (QED) is 0.555. The normalized spacial score (nSPS) is 15.5. The first-order valence-corrected chi connectivity index (χ1v) is 11.5. The number of amides is 1. The molecular formula is C23H27N5O2S. The average Bonchev–Trinajstić information content (AvgIpc) is 3.48. The number of piperazine rings is 1. The van der Waals surface area contributed by atoms with Crippen LogP contribution in [0.4, 0.5) is 0 Å². The molecule has 0 radical (unpaired) electrons. The number of nitrogens with zero attached hydrogens (tertiary/aromatic N) is 4. The SMILES string of the molecule is O=C(NCCc1cscn1)c1coc(CN2CCN(C/C=C/c3ccccc3)CC2)n1. The predicted molar refractivity (Wildman–Crippen MR) is 122 cm³/mol. The van der Waals surface area contributed by atoms with Crippen LogP contribution < -0.4 is 5.32 Å². The summed E-state index contributed by atoms with van der Waals surface area (Å²) < 4.78 is 5.53. The highest BCUT2D eigenvalue weighted by Gasteiger charge is 2.19. The Balaban J connectivity index is 1.16. The summed E-state index contributed by atoms with van der Waals surface area (Å²) in [7, 11) is 0. The van der Waals surface area contributed by atoms with Gasteiger partial charge in [-0.15, -0.1) is 11.3 Å². The number of thiazole rings is 1. The van der Waals surface area contributed by atoms with Gasteiger partial charge in [0.25, 0.3) is 5.91 Å². The lowest BCUT2D eigenvalue weighted by Gasteiger charge is -2.33. The van der Waals surface area contributed by atoms with E-state index in [4.69, 9.17) is 4.42 Å². The number of oxazole rings is 1. The zero-order valence-electron chi connectivity index (χ0n) is 17.4. The fourth-order valence-corrected chi connectivity index (χ4v) is 4.06.